The van der Waals surface area contributed by atoms with E-state index in [1.54, 1.807) is 12.1 Å². The quantitative estimate of drug-likeness (QED) is 0.775. The van der Waals surface area contributed by atoms with Crippen molar-refractivity contribution in [1.29, 1.82) is 0 Å². The Hall–Kier alpha value is -1.23. The van der Waals surface area contributed by atoms with Gasteiger partial charge in [-0.05, 0) is 12.1 Å². The number of carboxylic acid groups (broad SMARTS) is 1. The Labute approximate surface area is 101 Å². The van der Waals surface area contributed by atoms with Crippen molar-refractivity contribution in [3.8, 4) is 0 Å². The van der Waals surface area contributed by atoms with Crippen LogP contribution in [-0.4, -0.2) is 16.1 Å². The molecule has 0 atom stereocenters. The predicted molar refractivity (Wildman–Crippen MR) is 63.2 cm³/mol. The van der Waals surface area contributed by atoms with Crippen LogP contribution in [0.15, 0.2) is 12.1 Å². The number of aromatic amines is 1. The van der Waals surface area contributed by atoms with Crippen molar-refractivity contribution in [2.45, 2.75) is 6.54 Å². The summed E-state index contributed by atoms with van der Waals surface area (Å²) in [6, 6.07) is 3.18. The molecule has 4 nitrogen and oxygen atoms in total. The number of fused-ring (bicyclic) bond motifs is 1. The van der Waals surface area contributed by atoms with E-state index in [9.17, 15) is 4.79 Å². The van der Waals surface area contributed by atoms with Crippen LogP contribution < -0.4 is 5.73 Å². The van der Waals surface area contributed by atoms with Gasteiger partial charge in [0.2, 0.25) is 0 Å². The second-order valence-corrected chi connectivity index (χ2v) is 4.14. The molecule has 2 aromatic rings. The number of nitrogens with one attached hydrogen (secondary N) is 1. The van der Waals surface area contributed by atoms with E-state index < -0.39 is 5.97 Å². The lowest BCUT2D eigenvalue weighted by molar-refractivity contribution is 0.0690. The Bertz CT molecular complexity index is 578. The smallest absolute Gasteiger partial charge is 0.352 e. The zero-order valence-electron chi connectivity index (χ0n) is 8.05. The molecular weight excluding hydrogens is 251 g/mol. The second-order valence-electron chi connectivity index (χ2n) is 3.30. The number of carbonyl (C=O) groups is 1. The fraction of sp³-hybridized carbons (Fsp3) is 0.100. The summed E-state index contributed by atoms with van der Waals surface area (Å²) in [5.41, 5.74) is 6.66. The minimum absolute atomic E-state index is 0.0571. The van der Waals surface area contributed by atoms with Crippen LogP contribution in [0.25, 0.3) is 10.9 Å². The van der Waals surface area contributed by atoms with Gasteiger partial charge in [0.15, 0.2) is 0 Å². The topological polar surface area (TPSA) is 79.1 Å². The average Bonchev–Trinajstić information content (AvgIpc) is 2.56. The molecule has 0 aliphatic carbocycles. The number of aromatic nitrogens is 1. The summed E-state index contributed by atoms with van der Waals surface area (Å²) in [5.74, 6) is -1.07. The number of hydrogen-bond acceptors (Lipinski definition) is 2. The summed E-state index contributed by atoms with van der Waals surface area (Å²) in [5, 5.41) is 10.5. The average molecular weight is 259 g/mol. The lowest BCUT2D eigenvalue weighted by Gasteiger charge is -1.99. The van der Waals surface area contributed by atoms with Gasteiger partial charge in [0.25, 0.3) is 0 Å². The molecular formula is C10H8Cl2N2O2. The maximum Gasteiger partial charge on any atom is 0.352 e. The minimum atomic E-state index is -1.07. The van der Waals surface area contributed by atoms with Crippen LogP contribution >= 0.6 is 23.2 Å². The molecule has 1 heterocycles. The van der Waals surface area contributed by atoms with Crippen LogP contribution in [0.5, 0.6) is 0 Å². The number of rotatable bonds is 2. The molecule has 84 valence electrons. The molecule has 0 radical (unpaired) electrons. The van der Waals surface area contributed by atoms with E-state index in [0.29, 0.717) is 26.5 Å². The van der Waals surface area contributed by atoms with Crippen LogP contribution in [0.4, 0.5) is 0 Å². The Morgan fingerprint density at radius 2 is 2.12 bits per heavy atom. The van der Waals surface area contributed by atoms with E-state index >= 15 is 0 Å². The molecule has 0 saturated carbocycles. The second kappa shape index (κ2) is 3.97. The number of carboxylic acids is 1. The van der Waals surface area contributed by atoms with Crippen LogP contribution in [0.2, 0.25) is 10.0 Å². The van der Waals surface area contributed by atoms with E-state index in [1.165, 1.54) is 0 Å². The number of benzene rings is 1. The zero-order valence-corrected chi connectivity index (χ0v) is 9.56. The van der Waals surface area contributed by atoms with E-state index in [1.807, 2.05) is 0 Å². The summed E-state index contributed by atoms with van der Waals surface area (Å²) in [7, 11) is 0. The maximum atomic E-state index is 11.0. The highest BCUT2D eigenvalue weighted by atomic mass is 35.5. The van der Waals surface area contributed by atoms with Gasteiger partial charge in [-0.2, -0.15) is 0 Å². The Kier molecular flexibility index (Phi) is 2.80. The Morgan fingerprint density at radius 3 is 2.69 bits per heavy atom. The van der Waals surface area contributed by atoms with Gasteiger partial charge in [-0.25, -0.2) is 4.79 Å². The fourth-order valence-electron chi connectivity index (χ4n) is 1.70. The maximum absolute atomic E-state index is 11.0. The van der Waals surface area contributed by atoms with Gasteiger partial charge >= 0.3 is 5.97 Å². The lowest BCUT2D eigenvalue weighted by atomic mass is 10.1. The lowest BCUT2D eigenvalue weighted by Crippen LogP contribution is -2.05. The predicted octanol–water partition coefficient (Wildman–Crippen LogP) is 2.63. The molecule has 0 amide bonds. The summed E-state index contributed by atoms with van der Waals surface area (Å²) in [6.07, 6.45) is 0. The Morgan fingerprint density at radius 1 is 1.44 bits per heavy atom. The molecule has 16 heavy (non-hydrogen) atoms. The first-order chi connectivity index (χ1) is 7.54. The molecule has 4 N–H and O–H groups in total. The van der Waals surface area contributed by atoms with Crippen molar-refractivity contribution in [2.75, 3.05) is 0 Å². The third-order valence-corrected chi connectivity index (χ3v) is 2.85. The van der Waals surface area contributed by atoms with E-state index in [2.05, 4.69) is 4.98 Å². The van der Waals surface area contributed by atoms with Crippen LogP contribution in [-0.2, 0) is 6.54 Å². The molecule has 0 spiro atoms. The van der Waals surface area contributed by atoms with E-state index in [-0.39, 0.29) is 12.2 Å². The standard InChI is InChI=1S/C10H8Cl2N2O2/c11-4-1-6(12)8-5(3-13)9(10(15)16)14-7(8)2-4/h1-2,14H,3,13H2,(H,15,16). The van der Waals surface area contributed by atoms with Crippen molar-refractivity contribution in [1.82, 2.24) is 4.98 Å². The monoisotopic (exact) mass is 258 g/mol. The van der Waals surface area contributed by atoms with Gasteiger partial charge < -0.3 is 15.8 Å². The molecule has 0 unspecified atom stereocenters. The molecule has 0 saturated heterocycles. The summed E-state index contributed by atoms with van der Waals surface area (Å²) >= 11 is 11.8. The molecule has 0 aliphatic heterocycles. The first-order valence-corrected chi connectivity index (χ1v) is 5.23. The van der Waals surface area contributed by atoms with Gasteiger partial charge in [0, 0.05) is 28.0 Å². The highest BCUT2D eigenvalue weighted by Crippen LogP contribution is 2.32. The van der Waals surface area contributed by atoms with Crippen molar-refractivity contribution >= 4 is 40.1 Å². The van der Waals surface area contributed by atoms with Gasteiger partial charge in [-0.15, -0.1) is 0 Å². The van der Waals surface area contributed by atoms with Crippen molar-refractivity contribution < 1.29 is 9.90 Å². The number of hydrogen-bond donors (Lipinski definition) is 3. The zero-order chi connectivity index (χ0) is 11.9. The molecule has 1 aromatic carbocycles. The van der Waals surface area contributed by atoms with Crippen LogP contribution in [0, 0.1) is 0 Å². The van der Waals surface area contributed by atoms with Crippen LogP contribution in [0.3, 0.4) is 0 Å². The summed E-state index contributed by atoms with van der Waals surface area (Å²) in [6.45, 7) is 0.100. The molecule has 0 bridgehead atoms. The fourth-order valence-corrected chi connectivity index (χ4v) is 2.31. The highest BCUT2D eigenvalue weighted by Gasteiger charge is 2.18. The number of aromatic carboxylic acids is 1. The Balaban J connectivity index is 2.87. The van der Waals surface area contributed by atoms with Gasteiger partial charge in [-0.1, -0.05) is 23.2 Å². The largest absolute Gasteiger partial charge is 0.477 e. The van der Waals surface area contributed by atoms with Crippen molar-refractivity contribution in [3.63, 3.8) is 0 Å². The third kappa shape index (κ3) is 1.65. The summed E-state index contributed by atoms with van der Waals surface area (Å²) in [4.78, 5) is 13.7. The van der Waals surface area contributed by atoms with Gasteiger partial charge in [0.1, 0.15) is 5.69 Å². The SMILES string of the molecule is NCc1c(C(=O)O)[nH]c2cc(Cl)cc(Cl)c12. The van der Waals surface area contributed by atoms with Gasteiger partial charge in [-0.3, -0.25) is 0 Å². The molecule has 6 heteroatoms. The first kappa shape index (κ1) is 11.3. The minimum Gasteiger partial charge on any atom is -0.477 e. The number of H-pyrrole nitrogens is 1. The van der Waals surface area contributed by atoms with E-state index in [0.717, 1.165) is 0 Å². The third-order valence-electron chi connectivity index (χ3n) is 2.34. The summed E-state index contributed by atoms with van der Waals surface area (Å²) < 4.78 is 0. The van der Waals surface area contributed by atoms with Crippen molar-refractivity contribution in [3.05, 3.63) is 33.4 Å². The first-order valence-electron chi connectivity index (χ1n) is 4.47. The molecule has 0 aliphatic rings. The van der Waals surface area contributed by atoms with Crippen LogP contribution in [0.1, 0.15) is 16.1 Å². The number of halogens is 2. The van der Waals surface area contributed by atoms with Crippen molar-refractivity contribution in [2.24, 2.45) is 5.73 Å². The number of nitrogens with two attached hydrogens (primary N) is 1. The molecule has 0 fully saturated rings. The normalized spacial score (nSPS) is 10.9. The molecule has 2 rings (SSSR count). The van der Waals surface area contributed by atoms with E-state index in [4.69, 9.17) is 34.0 Å². The van der Waals surface area contributed by atoms with Gasteiger partial charge in [0.05, 0.1) is 5.02 Å². The highest BCUT2D eigenvalue weighted by molar-refractivity contribution is 6.39. The molecule has 1 aromatic heterocycles.